The molecule has 164 valence electrons. The van der Waals surface area contributed by atoms with Crippen LogP contribution in [-0.2, 0) is 25.7 Å². The highest BCUT2D eigenvalue weighted by Crippen LogP contribution is 2.32. The van der Waals surface area contributed by atoms with Gasteiger partial charge in [-0.15, -0.1) is 10.2 Å². The van der Waals surface area contributed by atoms with Crippen molar-refractivity contribution in [1.82, 2.24) is 15.1 Å². The molecule has 3 rings (SSSR count). The second-order valence-electron chi connectivity index (χ2n) is 9.01. The second-order valence-corrected chi connectivity index (χ2v) is 12.2. The number of aromatic nitrogens is 2. The molecule has 0 radical (unpaired) electrons. The van der Waals surface area contributed by atoms with Crippen LogP contribution in [0.3, 0.4) is 0 Å². The van der Waals surface area contributed by atoms with Crippen molar-refractivity contribution in [3.8, 4) is 0 Å². The number of hydrogen-bond donors (Lipinski definition) is 0. The second kappa shape index (κ2) is 8.07. The minimum Gasteiger partial charge on any atom is -0.444 e. The average Bonchev–Trinajstić information content (AvgIpc) is 3.21. The number of thioether (sulfide) groups is 1. The standard InChI is InChI=1S/C18H29N3O6S2/c1-17(2,3)27-16(22)21-13(9-25-18(21,4)5)10-28-15-20-19-14(26-15)8-12-6-7-29(23,24)11-12/h12-13H,6-11H2,1-5H3/t12-,13-/m0/s1. The fourth-order valence-electron chi connectivity index (χ4n) is 3.51. The van der Waals surface area contributed by atoms with Crippen molar-refractivity contribution in [2.45, 2.75) is 70.1 Å². The number of sulfone groups is 1. The quantitative estimate of drug-likeness (QED) is 0.628. The molecule has 2 saturated heterocycles. The summed E-state index contributed by atoms with van der Waals surface area (Å²) in [5, 5.41) is 8.48. The minimum absolute atomic E-state index is 0.0324. The predicted molar refractivity (Wildman–Crippen MR) is 107 cm³/mol. The lowest BCUT2D eigenvalue weighted by Crippen LogP contribution is -2.50. The minimum atomic E-state index is -2.93. The lowest BCUT2D eigenvalue weighted by atomic mass is 10.1. The summed E-state index contributed by atoms with van der Waals surface area (Å²) in [4.78, 5) is 14.3. The molecule has 29 heavy (non-hydrogen) atoms. The molecular weight excluding hydrogens is 418 g/mol. The molecule has 0 spiro atoms. The van der Waals surface area contributed by atoms with Crippen molar-refractivity contribution in [2.24, 2.45) is 5.92 Å². The summed E-state index contributed by atoms with van der Waals surface area (Å²) in [6.45, 7) is 9.54. The molecule has 2 aliphatic rings. The third-order valence-electron chi connectivity index (χ3n) is 4.80. The summed E-state index contributed by atoms with van der Waals surface area (Å²) < 4.78 is 40.2. The van der Waals surface area contributed by atoms with Crippen LogP contribution in [-0.4, -0.2) is 70.8 Å². The summed E-state index contributed by atoms with van der Waals surface area (Å²) >= 11 is 1.35. The molecule has 0 bridgehead atoms. The van der Waals surface area contributed by atoms with E-state index in [0.29, 0.717) is 36.3 Å². The number of ether oxygens (including phenoxy) is 2. The topological polar surface area (TPSA) is 112 Å². The number of rotatable bonds is 5. The van der Waals surface area contributed by atoms with E-state index in [0.717, 1.165) is 0 Å². The first-order valence-corrected chi connectivity index (χ1v) is 12.5. The maximum Gasteiger partial charge on any atom is 0.412 e. The first-order chi connectivity index (χ1) is 13.3. The van der Waals surface area contributed by atoms with E-state index in [9.17, 15) is 13.2 Å². The molecule has 11 heteroatoms. The summed E-state index contributed by atoms with van der Waals surface area (Å²) in [5.74, 6) is 1.40. The van der Waals surface area contributed by atoms with Crippen LogP contribution in [0.4, 0.5) is 4.79 Å². The number of hydrogen-bond acceptors (Lipinski definition) is 9. The fourth-order valence-corrected chi connectivity index (χ4v) is 6.21. The molecule has 9 nitrogen and oxygen atoms in total. The SMILES string of the molecule is CC(C)(C)OC(=O)N1[C@H](CSc2nnc(C[C@@H]3CCS(=O)(=O)C3)o2)COC1(C)C. The van der Waals surface area contributed by atoms with Crippen LogP contribution in [0.1, 0.15) is 46.9 Å². The molecule has 0 aromatic carbocycles. The molecule has 2 atom stereocenters. The Hall–Kier alpha value is -1.33. The fraction of sp³-hybridized carbons (Fsp3) is 0.833. The zero-order valence-corrected chi connectivity index (χ0v) is 19.1. The normalized spacial score (nSPS) is 26.0. The zero-order valence-electron chi connectivity index (χ0n) is 17.5. The van der Waals surface area contributed by atoms with E-state index in [1.54, 1.807) is 4.90 Å². The number of nitrogens with zero attached hydrogens (tertiary/aromatic N) is 3. The Morgan fingerprint density at radius 3 is 2.69 bits per heavy atom. The highest BCUT2D eigenvalue weighted by atomic mass is 32.2. The molecule has 2 aliphatic heterocycles. The summed E-state index contributed by atoms with van der Waals surface area (Å²) in [6.07, 6.45) is 0.683. The number of carbonyl (C=O) groups is 1. The van der Waals surface area contributed by atoms with Gasteiger partial charge in [0.15, 0.2) is 9.84 Å². The van der Waals surface area contributed by atoms with Crippen LogP contribution < -0.4 is 0 Å². The van der Waals surface area contributed by atoms with Gasteiger partial charge in [-0.1, -0.05) is 11.8 Å². The van der Waals surface area contributed by atoms with Crippen molar-refractivity contribution >= 4 is 27.7 Å². The first kappa shape index (κ1) is 22.4. The summed E-state index contributed by atoms with van der Waals surface area (Å²) in [6, 6.07) is -0.194. The monoisotopic (exact) mass is 447 g/mol. The molecule has 1 amide bonds. The maximum absolute atomic E-state index is 12.7. The highest BCUT2D eigenvalue weighted by molar-refractivity contribution is 7.99. The molecule has 0 saturated carbocycles. The summed E-state index contributed by atoms with van der Waals surface area (Å²) in [5.41, 5.74) is -1.36. The van der Waals surface area contributed by atoms with Gasteiger partial charge in [0.2, 0.25) is 5.89 Å². The Morgan fingerprint density at radius 2 is 2.07 bits per heavy atom. The van der Waals surface area contributed by atoms with Gasteiger partial charge in [-0.05, 0) is 47.0 Å². The molecular formula is C18H29N3O6S2. The Bertz CT molecular complexity index is 846. The van der Waals surface area contributed by atoms with E-state index < -0.39 is 27.3 Å². The molecule has 0 unspecified atom stereocenters. The van der Waals surface area contributed by atoms with Crippen LogP contribution in [0.2, 0.25) is 0 Å². The Kier molecular flexibility index (Phi) is 6.22. The van der Waals surface area contributed by atoms with Gasteiger partial charge in [0.1, 0.15) is 11.3 Å². The van der Waals surface area contributed by atoms with Gasteiger partial charge in [-0.25, -0.2) is 13.2 Å². The van der Waals surface area contributed by atoms with Gasteiger partial charge in [0.25, 0.3) is 5.22 Å². The van der Waals surface area contributed by atoms with Crippen LogP contribution in [0.25, 0.3) is 0 Å². The van der Waals surface area contributed by atoms with E-state index >= 15 is 0 Å². The molecule has 1 aromatic rings. The van der Waals surface area contributed by atoms with Crippen LogP contribution >= 0.6 is 11.8 Å². The van der Waals surface area contributed by atoms with E-state index in [2.05, 4.69) is 10.2 Å². The van der Waals surface area contributed by atoms with Gasteiger partial charge >= 0.3 is 6.09 Å². The van der Waals surface area contributed by atoms with Crippen LogP contribution in [0.5, 0.6) is 0 Å². The first-order valence-electron chi connectivity index (χ1n) is 9.66. The molecule has 2 fully saturated rings. The van der Waals surface area contributed by atoms with Gasteiger partial charge in [0, 0.05) is 12.2 Å². The summed E-state index contributed by atoms with van der Waals surface area (Å²) in [7, 11) is -2.93. The van der Waals surface area contributed by atoms with Crippen molar-refractivity contribution in [3.63, 3.8) is 0 Å². The smallest absolute Gasteiger partial charge is 0.412 e. The van der Waals surface area contributed by atoms with Crippen molar-refractivity contribution < 1.29 is 27.1 Å². The number of amides is 1. The van der Waals surface area contributed by atoms with E-state index in [1.165, 1.54) is 11.8 Å². The molecule has 1 aromatic heterocycles. The van der Waals surface area contributed by atoms with Crippen molar-refractivity contribution in [3.05, 3.63) is 5.89 Å². The molecule has 3 heterocycles. The van der Waals surface area contributed by atoms with E-state index in [1.807, 2.05) is 34.6 Å². The lowest BCUT2D eigenvalue weighted by Gasteiger charge is -2.34. The highest BCUT2D eigenvalue weighted by Gasteiger charge is 2.45. The third kappa shape index (κ3) is 5.85. The van der Waals surface area contributed by atoms with Crippen LogP contribution in [0.15, 0.2) is 9.64 Å². The van der Waals surface area contributed by atoms with E-state index in [-0.39, 0.29) is 23.5 Å². The third-order valence-corrected chi connectivity index (χ3v) is 7.60. The van der Waals surface area contributed by atoms with Gasteiger partial charge < -0.3 is 13.9 Å². The van der Waals surface area contributed by atoms with E-state index in [4.69, 9.17) is 13.9 Å². The predicted octanol–water partition coefficient (Wildman–Crippen LogP) is 2.51. The Balaban J connectivity index is 1.57. The Labute approximate surface area is 175 Å². The molecule has 0 aliphatic carbocycles. The van der Waals surface area contributed by atoms with Gasteiger partial charge in [-0.2, -0.15) is 0 Å². The maximum atomic E-state index is 12.7. The number of carbonyl (C=O) groups excluding carboxylic acids is 1. The van der Waals surface area contributed by atoms with Crippen molar-refractivity contribution in [2.75, 3.05) is 23.9 Å². The Morgan fingerprint density at radius 1 is 1.34 bits per heavy atom. The molecule has 0 N–H and O–H groups in total. The largest absolute Gasteiger partial charge is 0.444 e. The average molecular weight is 448 g/mol. The lowest BCUT2D eigenvalue weighted by molar-refractivity contribution is -0.0617. The van der Waals surface area contributed by atoms with Crippen molar-refractivity contribution in [1.29, 1.82) is 0 Å². The van der Waals surface area contributed by atoms with Gasteiger partial charge in [-0.3, -0.25) is 4.90 Å². The van der Waals surface area contributed by atoms with Crippen LogP contribution in [0, 0.1) is 5.92 Å². The van der Waals surface area contributed by atoms with Gasteiger partial charge in [0.05, 0.1) is 24.2 Å². The zero-order chi connectivity index (χ0) is 21.4.